The molecule has 0 fully saturated rings. The van der Waals surface area contributed by atoms with Crippen molar-refractivity contribution in [3.8, 4) is 0 Å². The summed E-state index contributed by atoms with van der Waals surface area (Å²) in [6.07, 6.45) is 1.78. The van der Waals surface area contributed by atoms with E-state index < -0.39 is 0 Å². The third kappa shape index (κ3) is 1.78. The van der Waals surface area contributed by atoms with E-state index in [9.17, 15) is 0 Å². The van der Waals surface area contributed by atoms with Crippen molar-refractivity contribution in [3.05, 3.63) is 42.2 Å². The third-order valence-electron chi connectivity index (χ3n) is 2.85. The molecule has 0 spiro atoms. The minimum absolute atomic E-state index is 0.983. The molecule has 2 N–H and O–H groups in total. The van der Waals surface area contributed by atoms with Crippen LogP contribution < -0.4 is 5.32 Å². The molecule has 17 heavy (non-hydrogen) atoms. The Bertz CT molecular complexity index is 663. The van der Waals surface area contributed by atoms with Crippen LogP contribution >= 0.6 is 0 Å². The van der Waals surface area contributed by atoms with Gasteiger partial charge in [-0.25, -0.2) is 0 Å². The van der Waals surface area contributed by atoms with Crippen molar-refractivity contribution in [3.63, 3.8) is 0 Å². The van der Waals surface area contributed by atoms with Gasteiger partial charge in [0.15, 0.2) is 0 Å². The molecular formula is C13H14N4. The number of aryl methyl sites for hydroxylation is 2. The van der Waals surface area contributed by atoms with E-state index in [0.717, 1.165) is 17.0 Å². The highest BCUT2D eigenvalue weighted by Gasteiger charge is 2.01. The van der Waals surface area contributed by atoms with Gasteiger partial charge in [0.1, 0.15) is 5.82 Å². The van der Waals surface area contributed by atoms with E-state index in [4.69, 9.17) is 0 Å². The van der Waals surface area contributed by atoms with E-state index in [0.29, 0.717) is 0 Å². The van der Waals surface area contributed by atoms with Crippen LogP contribution in [0, 0.1) is 6.92 Å². The molecule has 1 aromatic carbocycles. The number of benzene rings is 1. The number of anilines is 2. The molecule has 2 heterocycles. The van der Waals surface area contributed by atoms with Crippen LogP contribution in [0.2, 0.25) is 0 Å². The molecule has 4 nitrogen and oxygen atoms in total. The van der Waals surface area contributed by atoms with Gasteiger partial charge < -0.3 is 10.3 Å². The number of nitrogens with one attached hydrogen (secondary N) is 2. The molecule has 0 atom stereocenters. The Labute approximate surface area is 99.3 Å². The fraction of sp³-hybridized carbons (Fsp3) is 0.154. The zero-order valence-corrected chi connectivity index (χ0v) is 9.86. The number of H-pyrrole nitrogens is 1. The molecule has 0 amide bonds. The maximum atomic E-state index is 4.13. The highest BCUT2D eigenvalue weighted by atomic mass is 15.3. The highest BCUT2D eigenvalue weighted by Crippen LogP contribution is 2.22. The van der Waals surface area contributed by atoms with Crippen LogP contribution in [0.5, 0.6) is 0 Å². The number of nitrogens with zero attached hydrogens (tertiary/aromatic N) is 2. The van der Waals surface area contributed by atoms with Gasteiger partial charge >= 0.3 is 0 Å². The maximum Gasteiger partial charge on any atom is 0.128 e. The second-order valence-electron chi connectivity index (χ2n) is 4.22. The van der Waals surface area contributed by atoms with Gasteiger partial charge in [-0.2, -0.15) is 5.10 Å². The SMILES string of the molecule is Cc1cc2cc(Nc3ccnn3C)ccc2[nH]1. The zero-order chi connectivity index (χ0) is 11.8. The molecule has 3 aromatic rings. The lowest BCUT2D eigenvalue weighted by Gasteiger charge is -2.06. The molecule has 0 aliphatic heterocycles. The first-order chi connectivity index (χ1) is 8.22. The average Bonchev–Trinajstić information content (AvgIpc) is 2.84. The fourth-order valence-corrected chi connectivity index (χ4v) is 2.00. The fourth-order valence-electron chi connectivity index (χ4n) is 2.00. The van der Waals surface area contributed by atoms with Crippen molar-refractivity contribution in [2.24, 2.45) is 7.05 Å². The first kappa shape index (κ1) is 9.96. The van der Waals surface area contributed by atoms with Crippen molar-refractivity contribution < 1.29 is 0 Å². The molecule has 0 radical (unpaired) electrons. The van der Waals surface area contributed by atoms with Gasteiger partial charge in [-0.1, -0.05) is 0 Å². The maximum absolute atomic E-state index is 4.13. The Kier molecular flexibility index (Phi) is 2.14. The van der Waals surface area contributed by atoms with Crippen molar-refractivity contribution in [1.82, 2.24) is 14.8 Å². The number of fused-ring (bicyclic) bond motifs is 1. The first-order valence-electron chi connectivity index (χ1n) is 5.57. The van der Waals surface area contributed by atoms with Crippen LogP contribution in [0.4, 0.5) is 11.5 Å². The van der Waals surface area contributed by atoms with Crippen molar-refractivity contribution >= 4 is 22.4 Å². The van der Waals surface area contributed by atoms with E-state index in [1.165, 1.54) is 11.1 Å². The molecule has 86 valence electrons. The molecule has 2 aromatic heterocycles. The van der Waals surface area contributed by atoms with Crippen molar-refractivity contribution in [1.29, 1.82) is 0 Å². The molecule has 0 aliphatic carbocycles. The van der Waals surface area contributed by atoms with Gasteiger partial charge in [-0.05, 0) is 31.2 Å². The largest absolute Gasteiger partial charge is 0.359 e. The van der Waals surface area contributed by atoms with Gasteiger partial charge in [0.25, 0.3) is 0 Å². The minimum atomic E-state index is 0.983. The Morgan fingerprint density at radius 3 is 2.88 bits per heavy atom. The summed E-state index contributed by atoms with van der Waals surface area (Å²) in [5.74, 6) is 0.983. The molecular weight excluding hydrogens is 212 g/mol. The van der Waals surface area contributed by atoms with Gasteiger partial charge in [0.05, 0.1) is 6.20 Å². The van der Waals surface area contributed by atoms with E-state index >= 15 is 0 Å². The lowest BCUT2D eigenvalue weighted by atomic mass is 10.2. The first-order valence-corrected chi connectivity index (χ1v) is 5.57. The predicted molar refractivity (Wildman–Crippen MR) is 69.5 cm³/mol. The van der Waals surface area contributed by atoms with Gasteiger partial charge in [-0.15, -0.1) is 0 Å². The van der Waals surface area contributed by atoms with Gasteiger partial charge in [-0.3, -0.25) is 4.68 Å². The Morgan fingerprint density at radius 2 is 2.12 bits per heavy atom. The topological polar surface area (TPSA) is 45.6 Å². The summed E-state index contributed by atoms with van der Waals surface area (Å²) in [5.41, 5.74) is 3.41. The molecule has 0 aliphatic rings. The average molecular weight is 226 g/mol. The van der Waals surface area contributed by atoms with Crippen molar-refractivity contribution in [2.45, 2.75) is 6.92 Å². The Hall–Kier alpha value is -2.23. The Balaban J connectivity index is 1.98. The Morgan fingerprint density at radius 1 is 1.24 bits per heavy atom. The number of aromatic amines is 1. The van der Waals surface area contributed by atoms with Crippen molar-refractivity contribution in [2.75, 3.05) is 5.32 Å². The summed E-state index contributed by atoms with van der Waals surface area (Å²) >= 11 is 0. The molecule has 0 unspecified atom stereocenters. The van der Waals surface area contributed by atoms with Crippen LogP contribution in [-0.2, 0) is 7.05 Å². The van der Waals surface area contributed by atoms with E-state index in [1.807, 2.05) is 17.8 Å². The monoisotopic (exact) mass is 226 g/mol. The number of aromatic nitrogens is 3. The normalized spacial score (nSPS) is 10.9. The van der Waals surface area contributed by atoms with E-state index in [1.54, 1.807) is 6.20 Å². The van der Waals surface area contributed by atoms with Crippen LogP contribution in [0.3, 0.4) is 0 Å². The number of hydrogen-bond acceptors (Lipinski definition) is 2. The summed E-state index contributed by atoms with van der Waals surface area (Å²) in [5, 5.41) is 8.68. The summed E-state index contributed by atoms with van der Waals surface area (Å²) in [6, 6.07) is 10.4. The van der Waals surface area contributed by atoms with Crippen LogP contribution in [0.1, 0.15) is 5.69 Å². The summed E-state index contributed by atoms with van der Waals surface area (Å²) in [7, 11) is 1.92. The summed E-state index contributed by atoms with van der Waals surface area (Å²) < 4.78 is 1.81. The third-order valence-corrected chi connectivity index (χ3v) is 2.85. The van der Waals surface area contributed by atoms with Gasteiger partial charge in [0.2, 0.25) is 0 Å². The number of hydrogen-bond donors (Lipinski definition) is 2. The van der Waals surface area contributed by atoms with E-state index in [2.05, 4.69) is 46.6 Å². The van der Waals surface area contributed by atoms with Crippen LogP contribution in [0.25, 0.3) is 10.9 Å². The van der Waals surface area contributed by atoms with E-state index in [-0.39, 0.29) is 0 Å². The van der Waals surface area contributed by atoms with Crippen LogP contribution in [0.15, 0.2) is 36.5 Å². The van der Waals surface area contributed by atoms with Gasteiger partial charge in [0, 0.05) is 35.4 Å². The smallest absolute Gasteiger partial charge is 0.128 e. The number of rotatable bonds is 2. The summed E-state index contributed by atoms with van der Waals surface area (Å²) in [4.78, 5) is 3.31. The quantitative estimate of drug-likeness (QED) is 0.705. The molecule has 3 rings (SSSR count). The second kappa shape index (κ2) is 3.66. The second-order valence-corrected chi connectivity index (χ2v) is 4.22. The predicted octanol–water partition coefficient (Wildman–Crippen LogP) is 2.95. The molecule has 4 heteroatoms. The minimum Gasteiger partial charge on any atom is -0.359 e. The highest BCUT2D eigenvalue weighted by molar-refractivity contribution is 5.84. The van der Waals surface area contributed by atoms with Crippen LogP contribution in [-0.4, -0.2) is 14.8 Å². The standard InChI is InChI=1S/C13H14N4/c1-9-7-10-8-11(3-4-12(10)15-9)16-13-5-6-14-17(13)2/h3-8,15-16H,1-2H3. The molecule has 0 saturated heterocycles. The molecule has 0 bridgehead atoms. The lowest BCUT2D eigenvalue weighted by molar-refractivity contribution is 0.777. The lowest BCUT2D eigenvalue weighted by Crippen LogP contribution is -1.98. The summed E-state index contributed by atoms with van der Waals surface area (Å²) in [6.45, 7) is 2.06. The zero-order valence-electron chi connectivity index (χ0n) is 9.86. The molecule has 0 saturated carbocycles.